The maximum atomic E-state index is 14.5. The average Bonchev–Trinajstić information content (AvgIpc) is 2.70. The second kappa shape index (κ2) is 9.03. The summed E-state index contributed by atoms with van der Waals surface area (Å²) in [6, 6.07) is -2.33. The summed E-state index contributed by atoms with van der Waals surface area (Å²) < 4.78 is 184. The Hall–Kier alpha value is -3.20. The van der Waals surface area contributed by atoms with Gasteiger partial charge in [-0.05, 0) is 36.4 Å². The molecular formula is C20H8F14O2. The van der Waals surface area contributed by atoms with Crippen LogP contribution in [-0.2, 0) is 35.4 Å². The van der Waals surface area contributed by atoms with E-state index in [0.29, 0.717) is 0 Å². The number of hydrogen-bond acceptors (Lipinski definition) is 2. The molecule has 2 rings (SSSR count). The fourth-order valence-electron chi connectivity index (χ4n) is 2.77. The van der Waals surface area contributed by atoms with Crippen molar-refractivity contribution in [3.8, 4) is 0 Å². The first-order valence-corrected chi connectivity index (χ1v) is 8.98. The van der Waals surface area contributed by atoms with Gasteiger partial charge in [-0.25, -0.2) is 0 Å². The highest BCUT2D eigenvalue weighted by atomic mass is 19.4. The largest absolute Gasteiger partial charge is 0.416 e. The van der Waals surface area contributed by atoms with Crippen molar-refractivity contribution in [1.29, 1.82) is 0 Å². The number of halogens is 14. The Morgan fingerprint density at radius 1 is 0.472 bits per heavy atom. The van der Waals surface area contributed by atoms with Gasteiger partial charge in [0.05, 0.1) is 28.7 Å². The monoisotopic (exact) mass is 546 g/mol. The van der Waals surface area contributed by atoms with E-state index >= 15 is 0 Å². The molecule has 2 nitrogen and oxygen atoms in total. The van der Waals surface area contributed by atoms with Gasteiger partial charge < -0.3 is 0 Å². The van der Waals surface area contributed by atoms with E-state index in [1.54, 1.807) is 0 Å². The van der Waals surface area contributed by atoms with Crippen molar-refractivity contribution in [2.75, 3.05) is 0 Å². The number of Topliss-reactive ketones (excluding diaryl/α,β-unsaturated/α-hetero) is 2. The van der Waals surface area contributed by atoms with Crippen molar-refractivity contribution in [3.05, 3.63) is 69.8 Å². The van der Waals surface area contributed by atoms with Gasteiger partial charge in [-0.1, -0.05) is 0 Å². The van der Waals surface area contributed by atoms with Crippen LogP contribution in [0, 0.1) is 0 Å². The summed E-state index contributed by atoms with van der Waals surface area (Å²) in [4.78, 5) is 24.1. The summed E-state index contributed by atoms with van der Waals surface area (Å²) in [7, 11) is 0. The van der Waals surface area contributed by atoms with Crippen LogP contribution in [0.15, 0.2) is 36.4 Å². The lowest BCUT2D eigenvalue weighted by molar-refractivity contribution is -0.147. The summed E-state index contributed by atoms with van der Waals surface area (Å²) in [6.45, 7) is 0. The number of benzene rings is 2. The highest BCUT2D eigenvalue weighted by molar-refractivity contribution is 6.10. The first-order valence-electron chi connectivity index (χ1n) is 8.98. The zero-order valence-corrected chi connectivity index (χ0v) is 16.8. The Bertz CT molecular complexity index is 1100. The van der Waals surface area contributed by atoms with Gasteiger partial charge in [-0.15, -0.1) is 0 Å². The van der Waals surface area contributed by atoms with E-state index in [2.05, 4.69) is 0 Å². The quantitative estimate of drug-likeness (QED) is 0.219. The van der Waals surface area contributed by atoms with E-state index in [1.165, 1.54) is 0 Å². The molecule has 0 saturated heterocycles. The van der Waals surface area contributed by atoms with Crippen LogP contribution < -0.4 is 0 Å². The second-order valence-corrected chi connectivity index (χ2v) is 7.19. The molecule has 0 bridgehead atoms. The van der Waals surface area contributed by atoms with Crippen molar-refractivity contribution in [2.45, 2.75) is 37.0 Å². The van der Waals surface area contributed by atoms with Crippen molar-refractivity contribution >= 4 is 11.6 Å². The Morgan fingerprint density at radius 3 is 1.06 bits per heavy atom. The smallest absolute Gasteiger partial charge is 0.294 e. The molecule has 0 heterocycles. The summed E-state index contributed by atoms with van der Waals surface area (Å²) in [5.41, 5.74) is -12.2. The Labute approximate surface area is 190 Å². The number of carbonyl (C=O) groups is 2. The van der Waals surface area contributed by atoms with Crippen LogP contribution in [0.25, 0.3) is 0 Å². The van der Waals surface area contributed by atoms with Crippen LogP contribution in [0.3, 0.4) is 0 Å². The molecule has 2 aromatic carbocycles. The minimum atomic E-state index is -5.59. The van der Waals surface area contributed by atoms with E-state index in [4.69, 9.17) is 0 Å². The lowest BCUT2D eigenvalue weighted by atomic mass is 9.94. The van der Waals surface area contributed by atoms with Crippen molar-refractivity contribution in [2.24, 2.45) is 0 Å². The molecule has 198 valence electrons. The molecule has 0 aliphatic rings. The molecule has 0 fully saturated rings. The van der Waals surface area contributed by atoms with Crippen LogP contribution in [-0.4, -0.2) is 11.6 Å². The van der Waals surface area contributed by atoms with Gasteiger partial charge in [-0.2, -0.15) is 61.5 Å². The average molecular weight is 546 g/mol. The van der Waals surface area contributed by atoms with E-state index in [1.807, 2.05) is 0 Å². The zero-order valence-electron chi connectivity index (χ0n) is 16.8. The van der Waals surface area contributed by atoms with Gasteiger partial charge in [0.1, 0.15) is 0 Å². The minimum Gasteiger partial charge on any atom is -0.294 e. The van der Waals surface area contributed by atoms with Crippen molar-refractivity contribution in [1.82, 2.24) is 0 Å². The van der Waals surface area contributed by atoms with Crippen LogP contribution in [0.2, 0.25) is 0 Å². The van der Waals surface area contributed by atoms with Gasteiger partial charge >= 0.3 is 30.6 Å². The summed E-state index contributed by atoms with van der Waals surface area (Å²) in [6.07, 6.45) is -24.2. The molecule has 0 aromatic heterocycles. The second-order valence-electron chi connectivity index (χ2n) is 7.19. The summed E-state index contributed by atoms with van der Waals surface area (Å²) >= 11 is 0. The molecule has 2 aromatic rings. The topological polar surface area (TPSA) is 34.1 Å². The summed E-state index contributed by atoms with van der Waals surface area (Å²) in [5.74, 6) is -9.92. The minimum absolute atomic E-state index is 0.185. The Balaban J connectivity index is 2.51. The lowest BCUT2D eigenvalue weighted by Gasteiger charge is -2.20. The van der Waals surface area contributed by atoms with E-state index in [-0.39, 0.29) is 12.1 Å². The van der Waals surface area contributed by atoms with Gasteiger partial charge in [0.15, 0.2) is 5.78 Å². The van der Waals surface area contributed by atoms with Crippen LogP contribution in [0.4, 0.5) is 61.5 Å². The summed E-state index contributed by atoms with van der Waals surface area (Å²) in [5, 5.41) is 0. The number of hydrogen-bond donors (Lipinski definition) is 0. The third-order valence-electron chi connectivity index (χ3n) is 4.53. The van der Waals surface area contributed by atoms with Crippen molar-refractivity contribution in [3.63, 3.8) is 0 Å². The maximum absolute atomic E-state index is 14.5. The molecular weight excluding hydrogens is 538 g/mol. The van der Waals surface area contributed by atoms with Gasteiger partial charge in [0, 0.05) is 11.1 Å². The van der Waals surface area contributed by atoms with E-state index in [9.17, 15) is 71.1 Å². The van der Waals surface area contributed by atoms with Crippen LogP contribution >= 0.6 is 0 Å². The molecule has 0 aliphatic heterocycles. The van der Waals surface area contributed by atoms with Crippen LogP contribution in [0.5, 0.6) is 0 Å². The van der Waals surface area contributed by atoms with Gasteiger partial charge in [0.2, 0.25) is 5.78 Å². The van der Waals surface area contributed by atoms with E-state index < -0.39 is 106 Å². The van der Waals surface area contributed by atoms with Gasteiger partial charge in [0.25, 0.3) is 0 Å². The first-order chi connectivity index (χ1) is 15.9. The van der Waals surface area contributed by atoms with Gasteiger partial charge in [-0.3, -0.25) is 9.59 Å². The maximum Gasteiger partial charge on any atom is 0.416 e. The fraction of sp³-hybridized carbons (Fsp3) is 0.300. The molecule has 36 heavy (non-hydrogen) atoms. The third kappa shape index (κ3) is 6.51. The Kier molecular flexibility index (Phi) is 7.28. The molecule has 0 aliphatic carbocycles. The number of carbonyl (C=O) groups excluding carboxylic acids is 2. The molecule has 0 N–H and O–H groups in total. The normalized spacial score (nSPS) is 13.6. The predicted molar refractivity (Wildman–Crippen MR) is 90.7 cm³/mol. The molecule has 0 unspecified atom stereocenters. The molecule has 0 saturated carbocycles. The third-order valence-corrected chi connectivity index (χ3v) is 4.53. The fourth-order valence-corrected chi connectivity index (χ4v) is 2.77. The SMILES string of the molecule is O=C(CC(=O)C(F)(F)c1cc(C(F)(F)F)cc(C(F)(F)F)c1)c1cc(C(F)(F)F)cc(C(F)(F)F)c1. The molecule has 0 atom stereocenters. The van der Waals surface area contributed by atoms with Crippen LogP contribution in [0.1, 0.15) is 44.6 Å². The lowest BCUT2D eigenvalue weighted by Crippen LogP contribution is -2.29. The number of ketones is 2. The molecule has 0 spiro atoms. The zero-order chi connectivity index (χ0) is 28.1. The highest BCUT2D eigenvalue weighted by Crippen LogP contribution is 2.41. The molecule has 16 heteroatoms. The highest BCUT2D eigenvalue weighted by Gasteiger charge is 2.46. The molecule has 0 amide bonds. The number of alkyl halides is 14. The standard InChI is InChI=1S/C20H8F14O2/c21-16(22,9-3-12(19(29,30)31)6-13(4-9)20(32,33)34)15(36)7-14(35)8-1-10(17(23,24)25)5-11(2-8)18(26,27)28/h1-6H,7H2. The number of rotatable bonds is 5. The molecule has 0 radical (unpaired) electrons. The van der Waals surface area contributed by atoms with E-state index in [0.717, 1.165) is 0 Å². The Morgan fingerprint density at radius 2 is 0.750 bits per heavy atom. The predicted octanol–water partition coefficient (Wildman–Crippen LogP) is 7.70. The van der Waals surface area contributed by atoms with Crippen molar-refractivity contribution < 1.29 is 71.1 Å². The first kappa shape index (κ1) is 29.0.